The Balaban J connectivity index is 2.32. The van der Waals surface area contributed by atoms with Gasteiger partial charge in [0.15, 0.2) is 0 Å². The highest BCUT2D eigenvalue weighted by atomic mass is 16.2. The second-order valence-electron chi connectivity index (χ2n) is 6.30. The highest BCUT2D eigenvalue weighted by molar-refractivity contribution is 5.76. The molecular weight excluding hydrogens is 224 g/mol. The maximum absolute atomic E-state index is 12.0. The van der Waals surface area contributed by atoms with Gasteiger partial charge >= 0.3 is 0 Å². The average Bonchev–Trinajstić information content (AvgIpc) is 2.35. The summed E-state index contributed by atoms with van der Waals surface area (Å²) in [4.78, 5) is 16.5. The van der Waals surface area contributed by atoms with Crippen molar-refractivity contribution >= 4 is 5.91 Å². The van der Waals surface area contributed by atoms with Crippen LogP contribution in [0.3, 0.4) is 0 Å². The highest BCUT2D eigenvalue weighted by Crippen LogP contribution is 2.18. The SMILES string of the molecule is CC(C)CCC(=O)N1CCC(N(C)C(C)C)CC1. The number of carbonyl (C=O) groups excluding carboxylic acids is 1. The quantitative estimate of drug-likeness (QED) is 0.753. The molecule has 1 heterocycles. The van der Waals surface area contributed by atoms with Crippen molar-refractivity contribution in [1.82, 2.24) is 9.80 Å². The summed E-state index contributed by atoms with van der Waals surface area (Å²) in [5.74, 6) is 0.980. The van der Waals surface area contributed by atoms with Gasteiger partial charge in [-0.25, -0.2) is 0 Å². The summed E-state index contributed by atoms with van der Waals surface area (Å²) in [5.41, 5.74) is 0. The van der Waals surface area contributed by atoms with Crippen LogP contribution in [0.2, 0.25) is 0 Å². The van der Waals surface area contributed by atoms with E-state index in [4.69, 9.17) is 0 Å². The minimum atomic E-state index is 0.356. The van der Waals surface area contributed by atoms with E-state index < -0.39 is 0 Å². The molecule has 1 aliphatic heterocycles. The topological polar surface area (TPSA) is 23.6 Å². The van der Waals surface area contributed by atoms with E-state index in [9.17, 15) is 4.79 Å². The molecule has 3 nitrogen and oxygen atoms in total. The molecular formula is C15H30N2O. The van der Waals surface area contributed by atoms with Crippen LogP contribution in [0.1, 0.15) is 53.4 Å². The van der Waals surface area contributed by atoms with Crippen LogP contribution < -0.4 is 0 Å². The normalized spacial score (nSPS) is 18.1. The molecule has 0 radical (unpaired) electrons. The van der Waals surface area contributed by atoms with Crippen molar-refractivity contribution in [1.29, 1.82) is 0 Å². The monoisotopic (exact) mass is 254 g/mol. The first kappa shape index (κ1) is 15.5. The summed E-state index contributed by atoms with van der Waals surface area (Å²) in [6.45, 7) is 10.7. The number of nitrogens with zero attached hydrogens (tertiary/aromatic N) is 2. The van der Waals surface area contributed by atoms with Crippen molar-refractivity contribution in [3.05, 3.63) is 0 Å². The molecule has 1 rings (SSSR count). The molecule has 0 aromatic rings. The maximum Gasteiger partial charge on any atom is 0.222 e. The molecule has 1 fully saturated rings. The molecule has 0 saturated carbocycles. The Morgan fingerprint density at radius 3 is 2.22 bits per heavy atom. The van der Waals surface area contributed by atoms with Crippen LogP contribution in [0.4, 0.5) is 0 Å². The van der Waals surface area contributed by atoms with Crippen LogP contribution in [-0.2, 0) is 4.79 Å². The van der Waals surface area contributed by atoms with Crippen molar-refractivity contribution in [3.8, 4) is 0 Å². The second-order valence-corrected chi connectivity index (χ2v) is 6.30. The fourth-order valence-corrected chi connectivity index (χ4v) is 2.51. The summed E-state index contributed by atoms with van der Waals surface area (Å²) in [7, 11) is 2.20. The fraction of sp³-hybridized carbons (Fsp3) is 0.933. The van der Waals surface area contributed by atoms with E-state index >= 15 is 0 Å². The van der Waals surface area contributed by atoms with Crippen LogP contribution in [-0.4, -0.2) is 47.9 Å². The molecule has 18 heavy (non-hydrogen) atoms. The van der Waals surface area contributed by atoms with Crippen molar-refractivity contribution in [2.45, 2.75) is 65.5 Å². The lowest BCUT2D eigenvalue weighted by Crippen LogP contribution is -2.47. The Bertz CT molecular complexity index is 255. The molecule has 0 N–H and O–H groups in total. The number of amides is 1. The Kier molecular flexibility index (Phi) is 6.13. The predicted molar refractivity (Wildman–Crippen MR) is 76.6 cm³/mol. The Morgan fingerprint density at radius 1 is 1.22 bits per heavy atom. The maximum atomic E-state index is 12.0. The standard InChI is InChI=1S/C15H30N2O/c1-12(2)6-7-15(18)17-10-8-14(9-11-17)16(5)13(3)4/h12-14H,6-11H2,1-5H3. The molecule has 3 heteroatoms. The molecule has 0 unspecified atom stereocenters. The Labute approximate surface area is 113 Å². The third-order valence-electron chi connectivity index (χ3n) is 4.14. The molecule has 1 aliphatic rings. The van der Waals surface area contributed by atoms with Gasteiger partial charge in [0.25, 0.3) is 0 Å². The van der Waals surface area contributed by atoms with E-state index in [0.717, 1.165) is 38.8 Å². The van der Waals surface area contributed by atoms with E-state index in [-0.39, 0.29) is 0 Å². The van der Waals surface area contributed by atoms with Gasteiger partial charge in [0, 0.05) is 31.6 Å². The van der Waals surface area contributed by atoms with Gasteiger partial charge in [0.05, 0.1) is 0 Å². The van der Waals surface area contributed by atoms with Gasteiger partial charge in [-0.2, -0.15) is 0 Å². The van der Waals surface area contributed by atoms with Gasteiger partial charge in [-0.3, -0.25) is 4.79 Å². The number of likely N-dealkylation sites (tertiary alicyclic amines) is 1. The smallest absolute Gasteiger partial charge is 0.222 e. The number of hydrogen-bond donors (Lipinski definition) is 0. The van der Waals surface area contributed by atoms with Crippen LogP contribution in [0.15, 0.2) is 0 Å². The Hall–Kier alpha value is -0.570. The van der Waals surface area contributed by atoms with Crippen LogP contribution in [0, 0.1) is 5.92 Å². The Morgan fingerprint density at radius 2 is 1.78 bits per heavy atom. The van der Waals surface area contributed by atoms with Crippen molar-refractivity contribution in [2.75, 3.05) is 20.1 Å². The average molecular weight is 254 g/mol. The zero-order valence-electron chi connectivity index (χ0n) is 12.8. The highest BCUT2D eigenvalue weighted by Gasteiger charge is 2.25. The summed E-state index contributed by atoms with van der Waals surface area (Å²) in [6, 6.07) is 1.25. The van der Waals surface area contributed by atoms with E-state index in [1.807, 2.05) is 0 Å². The number of carbonyl (C=O) groups is 1. The molecule has 0 spiro atoms. The summed E-state index contributed by atoms with van der Waals surface area (Å²) >= 11 is 0. The van der Waals surface area contributed by atoms with Gasteiger partial charge in [0.1, 0.15) is 0 Å². The molecule has 0 bridgehead atoms. The van der Waals surface area contributed by atoms with Gasteiger partial charge in [-0.05, 0) is 46.1 Å². The van der Waals surface area contributed by atoms with Crippen LogP contribution >= 0.6 is 0 Å². The van der Waals surface area contributed by atoms with Crippen LogP contribution in [0.25, 0.3) is 0 Å². The third kappa shape index (κ3) is 4.60. The lowest BCUT2D eigenvalue weighted by Gasteiger charge is -2.38. The predicted octanol–water partition coefficient (Wildman–Crippen LogP) is 2.75. The third-order valence-corrected chi connectivity index (χ3v) is 4.14. The zero-order valence-corrected chi connectivity index (χ0v) is 12.8. The summed E-state index contributed by atoms with van der Waals surface area (Å²) in [6.07, 6.45) is 4.00. The fourth-order valence-electron chi connectivity index (χ4n) is 2.51. The lowest BCUT2D eigenvalue weighted by atomic mass is 10.0. The largest absolute Gasteiger partial charge is 0.343 e. The number of piperidine rings is 1. The minimum absolute atomic E-state index is 0.356. The molecule has 106 valence electrons. The molecule has 0 atom stereocenters. The van der Waals surface area contributed by atoms with Gasteiger partial charge < -0.3 is 9.80 Å². The minimum Gasteiger partial charge on any atom is -0.343 e. The van der Waals surface area contributed by atoms with Crippen molar-refractivity contribution < 1.29 is 4.79 Å². The van der Waals surface area contributed by atoms with Crippen LogP contribution in [0.5, 0.6) is 0 Å². The van der Waals surface area contributed by atoms with Crippen molar-refractivity contribution in [2.24, 2.45) is 5.92 Å². The first-order chi connectivity index (χ1) is 8.41. The van der Waals surface area contributed by atoms with Gasteiger partial charge in [-0.1, -0.05) is 13.8 Å². The molecule has 0 aromatic carbocycles. The zero-order chi connectivity index (χ0) is 13.7. The number of rotatable bonds is 5. The molecule has 1 saturated heterocycles. The van der Waals surface area contributed by atoms with E-state index in [1.165, 1.54) is 0 Å². The molecule has 0 aromatic heterocycles. The van der Waals surface area contributed by atoms with E-state index in [2.05, 4.69) is 44.5 Å². The summed E-state index contributed by atoms with van der Waals surface area (Å²) < 4.78 is 0. The van der Waals surface area contributed by atoms with Crippen molar-refractivity contribution in [3.63, 3.8) is 0 Å². The summed E-state index contributed by atoms with van der Waals surface area (Å²) in [5, 5.41) is 0. The first-order valence-electron chi connectivity index (χ1n) is 7.41. The van der Waals surface area contributed by atoms with E-state index in [0.29, 0.717) is 23.9 Å². The first-order valence-corrected chi connectivity index (χ1v) is 7.41. The molecule has 0 aliphatic carbocycles. The molecule has 1 amide bonds. The number of hydrogen-bond acceptors (Lipinski definition) is 2. The second kappa shape index (κ2) is 7.13. The van der Waals surface area contributed by atoms with E-state index in [1.54, 1.807) is 0 Å². The van der Waals surface area contributed by atoms with Gasteiger partial charge in [-0.15, -0.1) is 0 Å². The van der Waals surface area contributed by atoms with Gasteiger partial charge in [0.2, 0.25) is 5.91 Å². The lowest BCUT2D eigenvalue weighted by molar-refractivity contribution is -0.133.